The van der Waals surface area contributed by atoms with Gasteiger partial charge >= 0.3 is 0 Å². The number of sulfonamides is 1. The van der Waals surface area contributed by atoms with Crippen molar-refractivity contribution in [3.05, 3.63) is 29.8 Å². The van der Waals surface area contributed by atoms with E-state index in [4.69, 9.17) is 0 Å². The zero-order valence-corrected chi connectivity index (χ0v) is 10.7. The highest BCUT2D eigenvalue weighted by atomic mass is 32.2. The molecular formula is C12H19NO2S. The fraction of sp³-hybridized carbons (Fsp3) is 0.500. The molecule has 90 valence electrons. The van der Waals surface area contributed by atoms with Gasteiger partial charge in [-0.1, -0.05) is 32.4 Å². The molecular weight excluding hydrogens is 222 g/mol. The molecule has 0 aliphatic carbocycles. The molecule has 0 aromatic heterocycles. The van der Waals surface area contributed by atoms with Crippen LogP contribution in [0.5, 0.6) is 0 Å². The van der Waals surface area contributed by atoms with Crippen molar-refractivity contribution in [2.45, 2.75) is 38.0 Å². The van der Waals surface area contributed by atoms with Crippen LogP contribution >= 0.6 is 0 Å². The first-order valence-electron chi connectivity index (χ1n) is 5.68. The molecule has 3 nitrogen and oxygen atoms in total. The summed E-state index contributed by atoms with van der Waals surface area (Å²) >= 11 is 0. The first-order chi connectivity index (χ1) is 7.60. The third-order valence-electron chi connectivity index (χ3n) is 2.39. The molecule has 4 heteroatoms. The van der Waals surface area contributed by atoms with Gasteiger partial charge in [-0.2, -0.15) is 0 Å². The molecule has 0 saturated carbocycles. The third kappa shape index (κ3) is 3.61. The van der Waals surface area contributed by atoms with Gasteiger partial charge in [-0.15, -0.1) is 0 Å². The van der Waals surface area contributed by atoms with Gasteiger partial charge < -0.3 is 0 Å². The van der Waals surface area contributed by atoms with Crippen LogP contribution < -0.4 is 4.72 Å². The molecule has 16 heavy (non-hydrogen) atoms. The molecule has 0 saturated heterocycles. The number of hydrogen-bond donors (Lipinski definition) is 1. The van der Waals surface area contributed by atoms with Crippen LogP contribution in [0.3, 0.4) is 0 Å². The lowest BCUT2D eigenvalue weighted by Gasteiger charge is -2.05. The molecule has 0 fully saturated rings. The molecule has 1 aromatic carbocycles. The Morgan fingerprint density at radius 1 is 1.12 bits per heavy atom. The fourth-order valence-corrected chi connectivity index (χ4v) is 2.53. The predicted molar refractivity (Wildman–Crippen MR) is 65.9 cm³/mol. The Morgan fingerprint density at radius 3 is 2.25 bits per heavy atom. The zero-order chi connectivity index (χ0) is 12.0. The molecule has 0 amide bonds. The average molecular weight is 241 g/mol. The minimum absolute atomic E-state index is 0.342. The normalized spacial score (nSPS) is 11.6. The van der Waals surface area contributed by atoms with Gasteiger partial charge in [0.25, 0.3) is 0 Å². The van der Waals surface area contributed by atoms with Crippen LogP contribution in [0.1, 0.15) is 32.3 Å². The van der Waals surface area contributed by atoms with Crippen LogP contribution in [0.15, 0.2) is 29.2 Å². The molecule has 1 rings (SSSR count). The molecule has 0 unspecified atom stereocenters. The third-order valence-corrected chi connectivity index (χ3v) is 3.95. The number of aryl methyl sites for hydroxylation is 1. The number of unbranched alkanes of at least 4 members (excludes halogenated alkanes) is 1. The van der Waals surface area contributed by atoms with Crippen LogP contribution in [0, 0.1) is 0 Å². The van der Waals surface area contributed by atoms with E-state index in [9.17, 15) is 8.42 Å². The minimum atomic E-state index is -3.30. The van der Waals surface area contributed by atoms with Gasteiger partial charge in [0.15, 0.2) is 0 Å². The van der Waals surface area contributed by atoms with E-state index in [0.29, 0.717) is 11.4 Å². The summed E-state index contributed by atoms with van der Waals surface area (Å²) in [4.78, 5) is 0.342. The summed E-state index contributed by atoms with van der Waals surface area (Å²) in [6, 6.07) is 7.12. The van der Waals surface area contributed by atoms with Gasteiger partial charge in [-0.05, 0) is 30.5 Å². The Hall–Kier alpha value is -0.870. The van der Waals surface area contributed by atoms with Crippen molar-refractivity contribution in [1.82, 2.24) is 4.72 Å². The van der Waals surface area contributed by atoms with E-state index in [1.807, 2.05) is 12.1 Å². The number of rotatable bonds is 6. The standard InChI is InChI=1S/C12H19NO2S/c1-3-5-6-11-7-9-12(10-8-11)16(14,15)13-4-2/h7-10,13H,3-6H2,1-2H3. The Bertz CT molecular complexity index is 409. The molecule has 0 spiro atoms. The summed E-state index contributed by atoms with van der Waals surface area (Å²) in [5, 5.41) is 0. The largest absolute Gasteiger partial charge is 0.240 e. The lowest BCUT2D eigenvalue weighted by atomic mass is 10.1. The highest BCUT2D eigenvalue weighted by Gasteiger charge is 2.11. The first kappa shape index (κ1) is 13.2. The quantitative estimate of drug-likeness (QED) is 0.831. The second-order valence-corrected chi connectivity index (χ2v) is 5.52. The first-order valence-corrected chi connectivity index (χ1v) is 7.17. The van der Waals surface area contributed by atoms with Crippen molar-refractivity contribution < 1.29 is 8.42 Å². The Kier molecular flexibility index (Phi) is 4.96. The van der Waals surface area contributed by atoms with E-state index in [1.165, 1.54) is 5.56 Å². The second-order valence-electron chi connectivity index (χ2n) is 3.75. The van der Waals surface area contributed by atoms with Crippen LogP contribution in [0.2, 0.25) is 0 Å². The van der Waals surface area contributed by atoms with E-state index in [-0.39, 0.29) is 0 Å². The monoisotopic (exact) mass is 241 g/mol. The highest BCUT2D eigenvalue weighted by molar-refractivity contribution is 7.89. The maximum atomic E-state index is 11.6. The lowest BCUT2D eigenvalue weighted by molar-refractivity contribution is 0.584. The molecule has 1 aromatic rings. The lowest BCUT2D eigenvalue weighted by Crippen LogP contribution is -2.23. The summed E-state index contributed by atoms with van der Waals surface area (Å²) < 4.78 is 25.8. The highest BCUT2D eigenvalue weighted by Crippen LogP contribution is 2.12. The van der Waals surface area contributed by atoms with E-state index in [1.54, 1.807) is 19.1 Å². The summed E-state index contributed by atoms with van der Waals surface area (Å²) in [7, 11) is -3.30. The predicted octanol–water partition coefficient (Wildman–Crippen LogP) is 2.33. The van der Waals surface area contributed by atoms with Gasteiger partial charge in [0.05, 0.1) is 4.90 Å². The molecule has 0 bridgehead atoms. The van der Waals surface area contributed by atoms with Gasteiger partial charge in [0.1, 0.15) is 0 Å². The smallest absolute Gasteiger partial charge is 0.211 e. The molecule has 0 atom stereocenters. The van der Waals surface area contributed by atoms with Gasteiger partial charge in [0, 0.05) is 6.54 Å². The summed E-state index contributed by atoms with van der Waals surface area (Å²) in [6.45, 7) is 4.33. The van der Waals surface area contributed by atoms with E-state index < -0.39 is 10.0 Å². The molecule has 1 N–H and O–H groups in total. The number of hydrogen-bond acceptors (Lipinski definition) is 2. The maximum absolute atomic E-state index is 11.6. The SMILES string of the molecule is CCCCc1ccc(S(=O)(=O)NCC)cc1. The van der Waals surface area contributed by atoms with Crippen molar-refractivity contribution in [2.75, 3.05) is 6.54 Å². The van der Waals surface area contributed by atoms with Crippen molar-refractivity contribution in [2.24, 2.45) is 0 Å². The Balaban J connectivity index is 2.78. The van der Waals surface area contributed by atoms with E-state index >= 15 is 0 Å². The van der Waals surface area contributed by atoms with Crippen molar-refractivity contribution in [1.29, 1.82) is 0 Å². The van der Waals surface area contributed by atoms with Crippen molar-refractivity contribution in [3.8, 4) is 0 Å². The van der Waals surface area contributed by atoms with Crippen LogP contribution in [0.4, 0.5) is 0 Å². The van der Waals surface area contributed by atoms with Crippen molar-refractivity contribution in [3.63, 3.8) is 0 Å². The second kappa shape index (κ2) is 6.01. The maximum Gasteiger partial charge on any atom is 0.240 e. The van der Waals surface area contributed by atoms with E-state index in [0.717, 1.165) is 19.3 Å². The van der Waals surface area contributed by atoms with Crippen molar-refractivity contribution >= 4 is 10.0 Å². The van der Waals surface area contributed by atoms with Gasteiger partial charge in [-0.25, -0.2) is 13.1 Å². The average Bonchev–Trinajstić information content (AvgIpc) is 2.27. The van der Waals surface area contributed by atoms with Crippen LogP contribution in [-0.2, 0) is 16.4 Å². The van der Waals surface area contributed by atoms with Crippen LogP contribution in [0.25, 0.3) is 0 Å². The topological polar surface area (TPSA) is 46.2 Å². The fourth-order valence-electron chi connectivity index (χ4n) is 1.49. The summed E-state index contributed by atoms with van der Waals surface area (Å²) in [6.07, 6.45) is 3.30. The molecule has 0 radical (unpaired) electrons. The number of nitrogens with one attached hydrogen (secondary N) is 1. The van der Waals surface area contributed by atoms with Crippen LogP contribution in [-0.4, -0.2) is 15.0 Å². The van der Waals surface area contributed by atoms with Gasteiger partial charge in [-0.3, -0.25) is 0 Å². The number of benzene rings is 1. The molecule has 0 aliphatic rings. The summed E-state index contributed by atoms with van der Waals surface area (Å²) in [5.41, 5.74) is 1.19. The Morgan fingerprint density at radius 2 is 1.75 bits per heavy atom. The minimum Gasteiger partial charge on any atom is -0.211 e. The molecule has 0 aliphatic heterocycles. The zero-order valence-electron chi connectivity index (χ0n) is 9.86. The Labute approximate surface area is 97.9 Å². The van der Waals surface area contributed by atoms with Gasteiger partial charge in [0.2, 0.25) is 10.0 Å². The molecule has 0 heterocycles. The summed E-state index contributed by atoms with van der Waals surface area (Å²) in [5.74, 6) is 0. The van der Waals surface area contributed by atoms with E-state index in [2.05, 4.69) is 11.6 Å².